The lowest BCUT2D eigenvalue weighted by molar-refractivity contribution is 0.0946. The smallest absolute Gasteiger partial charge is 0.253 e. The lowest BCUT2D eigenvalue weighted by Gasteiger charge is -2.03. The fraction of sp³-hybridized carbons (Fsp3) is 0.176. The van der Waals surface area contributed by atoms with Crippen LogP contribution >= 0.6 is 23.4 Å². The van der Waals surface area contributed by atoms with E-state index in [1.54, 1.807) is 36.2 Å². The number of aromatic nitrogens is 3. The molecule has 0 unspecified atom stereocenters. The van der Waals surface area contributed by atoms with Crippen molar-refractivity contribution in [2.75, 3.05) is 5.75 Å². The first-order valence-corrected chi connectivity index (χ1v) is 8.97. The molecule has 0 radical (unpaired) electrons. The van der Waals surface area contributed by atoms with Gasteiger partial charge < -0.3 is 9.84 Å². The Hall–Kier alpha value is -2.38. The highest BCUT2D eigenvalue weighted by molar-refractivity contribution is 7.99. The highest BCUT2D eigenvalue weighted by Gasteiger charge is 2.11. The number of rotatable bonds is 6. The highest BCUT2D eigenvalue weighted by atomic mass is 35.5. The molecule has 2 aromatic heterocycles. The predicted molar refractivity (Wildman–Crippen MR) is 96.5 cm³/mol. The van der Waals surface area contributed by atoms with Crippen molar-refractivity contribution in [3.05, 3.63) is 59.1 Å². The summed E-state index contributed by atoms with van der Waals surface area (Å²) in [6, 6.07) is 10.7. The molecular weight excluding hydrogens is 360 g/mol. The third-order valence-electron chi connectivity index (χ3n) is 3.24. The maximum atomic E-state index is 12.1. The van der Waals surface area contributed by atoms with Crippen molar-refractivity contribution in [3.8, 4) is 11.4 Å². The van der Waals surface area contributed by atoms with Crippen molar-refractivity contribution in [3.63, 3.8) is 0 Å². The second-order valence-electron chi connectivity index (χ2n) is 5.02. The van der Waals surface area contributed by atoms with Gasteiger partial charge in [-0.3, -0.25) is 4.79 Å². The van der Waals surface area contributed by atoms with Crippen LogP contribution in [0.3, 0.4) is 0 Å². The summed E-state index contributed by atoms with van der Waals surface area (Å²) < 4.78 is 5.16. The number of hydrogen-bond donors (Lipinski definition) is 1. The van der Waals surface area contributed by atoms with Crippen LogP contribution in [0.5, 0.6) is 0 Å². The summed E-state index contributed by atoms with van der Waals surface area (Å²) in [4.78, 5) is 20.6. The van der Waals surface area contributed by atoms with E-state index in [2.05, 4.69) is 27.4 Å². The van der Waals surface area contributed by atoms with Gasteiger partial charge in [0.2, 0.25) is 11.7 Å². The Balaban J connectivity index is 1.61. The molecule has 0 aliphatic heterocycles. The molecule has 3 aromatic rings. The van der Waals surface area contributed by atoms with Crippen molar-refractivity contribution in [1.29, 1.82) is 0 Å². The molecule has 1 aromatic carbocycles. The highest BCUT2D eigenvalue weighted by Crippen LogP contribution is 2.20. The molecule has 0 saturated heterocycles. The molecule has 25 heavy (non-hydrogen) atoms. The fourth-order valence-electron chi connectivity index (χ4n) is 2.08. The number of halogens is 1. The molecule has 0 aliphatic carbocycles. The summed E-state index contributed by atoms with van der Waals surface area (Å²) in [5.41, 5.74) is 1.23. The second-order valence-corrected chi connectivity index (χ2v) is 6.74. The maximum absolute atomic E-state index is 12.1. The number of thioether (sulfide) groups is 1. The minimum absolute atomic E-state index is 0.137. The Morgan fingerprint density at radius 3 is 2.92 bits per heavy atom. The minimum atomic E-state index is -0.247. The summed E-state index contributed by atoms with van der Waals surface area (Å²) in [7, 11) is 0. The van der Waals surface area contributed by atoms with Crippen LogP contribution in [0.2, 0.25) is 5.02 Å². The van der Waals surface area contributed by atoms with E-state index in [0.29, 0.717) is 22.3 Å². The molecule has 0 fully saturated rings. The average Bonchev–Trinajstić information content (AvgIpc) is 3.10. The van der Waals surface area contributed by atoms with E-state index in [9.17, 15) is 4.79 Å². The number of carbonyl (C=O) groups excluding carboxylic acids is 1. The van der Waals surface area contributed by atoms with Crippen LogP contribution in [0, 0.1) is 0 Å². The Morgan fingerprint density at radius 1 is 1.32 bits per heavy atom. The van der Waals surface area contributed by atoms with Gasteiger partial charge in [0.1, 0.15) is 0 Å². The number of amides is 1. The molecule has 1 amide bonds. The standard InChI is InChI=1S/C17H15ClN4O2S/c1-2-25-15-7-6-12(9-19-15)17(23)20-10-14-21-16(22-24-14)11-4-3-5-13(18)8-11/h3-9H,2,10H2,1H3,(H,20,23). The maximum Gasteiger partial charge on any atom is 0.253 e. The molecule has 0 spiro atoms. The quantitative estimate of drug-likeness (QED) is 0.660. The summed E-state index contributed by atoms with van der Waals surface area (Å²) in [6.45, 7) is 2.19. The monoisotopic (exact) mass is 374 g/mol. The van der Waals surface area contributed by atoms with Gasteiger partial charge in [-0.25, -0.2) is 4.98 Å². The number of benzene rings is 1. The zero-order chi connectivity index (χ0) is 17.6. The van der Waals surface area contributed by atoms with E-state index in [0.717, 1.165) is 16.3 Å². The Kier molecular flexibility index (Phi) is 5.67. The van der Waals surface area contributed by atoms with Crippen LogP contribution < -0.4 is 5.32 Å². The molecule has 2 heterocycles. The summed E-state index contributed by atoms with van der Waals surface area (Å²) in [6.07, 6.45) is 1.55. The van der Waals surface area contributed by atoms with Crippen LogP contribution in [-0.2, 0) is 6.54 Å². The first kappa shape index (κ1) is 17.4. The van der Waals surface area contributed by atoms with E-state index in [-0.39, 0.29) is 12.5 Å². The number of carbonyl (C=O) groups is 1. The van der Waals surface area contributed by atoms with Gasteiger partial charge in [-0.1, -0.05) is 35.8 Å². The zero-order valence-corrected chi connectivity index (χ0v) is 15.0. The van der Waals surface area contributed by atoms with Crippen molar-refractivity contribution >= 4 is 29.3 Å². The molecule has 8 heteroatoms. The fourth-order valence-corrected chi connectivity index (χ4v) is 2.85. The SMILES string of the molecule is CCSc1ccc(C(=O)NCc2nc(-c3cccc(Cl)c3)no2)cn1. The number of nitrogens with one attached hydrogen (secondary N) is 1. The topological polar surface area (TPSA) is 80.9 Å². The lowest BCUT2D eigenvalue weighted by Crippen LogP contribution is -2.23. The number of nitrogens with zero attached hydrogens (tertiary/aromatic N) is 3. The normalized spacial score (nSPS) is 10.6. The first-order valence-electron chi connectivity index (χ1n) is 7.61. The number of pyridine rings is 1. The van der Waals surface area contributed by atoms with Gasteiger partial charge in [-0.2, -0.15) is 4.98 Å². The lowest BCUT2D eigenvalue weighted by atomic mass is 10.2. The van der Waals surface area contributed by atoms with Crippen molar-refractivity contribution < 1.29 is 9.32 Å². The van der Waals surface area contributed by atoms with Gasteiger partial charge >= 0.3 is 0 Å². The van der Waals surface area contributed by atoms with E-state index < -0.39 is 0 Å². The molecule has 0 aliphatic rings. The zero-order valence-electron chi connectivity index (χ0n) is 13.4. The van der Waals surface area contributed by atoms with Crippen molar-refractivity contribution in [1.82, 2.24) is 20.4 Å². The Labute approximate surface area is 154 Å². The largest absolute Gasteiger partial charge is 0.343 e. The van der Waals surface area contributed by atoms with Crippen LogP contribution in [0.1, 0.15) is 23.2 Å². The van der Waals surface area contributed by atoms with E-state index in [1.807, 2.05) is 18.2 Å². The molecule has 0 bridgehead atoms. The molecular formula is C17H15ClN4O2S. The molecule has 0 saturated carbocycles. The molecule has 3 rings (SSSR count). The third kappa shape index (κ3) is 4.58. The van der Waals surface area contributed by atoms with Gasteiger partial charge in [0.25, 0.3) is 5.91 Å². The molecule has 1 N–H and O–H groups in total. The van der Waals surface area contributed by atoms with Crippen molar-refractivity contribution in [2.24, 2.45) is 0 Å². The molecule has 0 atom stereocenters. The van der Waals surface area contributed by atoms with E-state index in [1.165, 1.54) is 0 Å². The molecule has 128 valence electrons. The van der Waals surface area contributed by atoms with Gasteiger partial charge in [0.15, 0.2) is 0 Å². The first-order chi connectivity index (χ1) is 12.2. The van der Waals surface area contributed by atoms with Gasteiger partial charge in [-0.15, -0.1) is 11.8 Å². The van der Waals surface area contributed by atoms with Gasteiger partial charge in [-0.05, 0) is 30.0 Å². The van der Waals surface area contributed by atoms with E-state index >= 15 is 0 Å². The third-order valence-corrected chi connectivity index (χ3v) is 4.30. The summed E-state index contributed by atoms with van der Waals surface area (Å²) >= 11 is 7.57. The van der Waals surface area contributed by atoms with Gasteiger partial charge in [0.05, 0.1) is 17.1 Å². The van der Waals surface area contributed by atoms with E-state index in [4.69, 9.17) is 16.1 Å². The van der Waals surface area contributed by atoms with Crippen LogP contribution in [0.4, 0.5) is 0 Å². The molecule has 6 nitrogen and oxygen atoms in total. The van der Waals surface area contributed by atoms with Gasteiger partial charge in [0, 0.05) is 16.8 Å². The van der Waals surface area contributed by atoms with Crippen LogP contribution in [0.15, 0.2) is 52.1 Å². The van der Waals surface area contributed by atoms with Crippen LogP contribution in [-0.4, -0.2) is 26.8 Å². The summed E-state index contributed by atoms with van der Waals surface area (Å²) in [5, 5.41) is 8.12. The summed E-state index contributed by atoms with van der Waals surface area (Å²) in [5.74, 6) is 1.43. The van der Waals surface area contributed by atoms with Crippen molar-refractivity contribution in [2.45, 2.75) is 18.5 Å². The minimum Gasteiger partial charge on any atom is -0.343 e. The average molecular weight is 375 g/mol. The van der Waals surface area contributed by atoms with Crippen LogP contribution in [0.25, 0.3) is 11.4 Å². The predicted octanol–water partition coefficient (Wildman–Crippen LogP) is 3.83. The number of hydrogen-bond acceptors (Lipinski definition) is 6. The second kappa shape index (κ2) is 8.13. The Bertz CT molecular complexity index is 867. The Morgan fingerprint density at radius 2 is 2.20 bits per heavy atom.